The number of phenols is 1. The van der Waals surface area contributed by atoms with Crippen molar-refractivity contribution < 1.29 is 19.3 Å². The van der Waals surface area contributed by atoms with Gasteiger partial charge in [-0.2, -0.15) is 0 Å². The third-order valence-corrected chi connectivity index (χ3v) is 10.8. The average molecular weight is 613 g/mol. The van der Waals surface area contributed by atoms with Gasteiger partial charge in [0.1, 0.15) is 30.0 Å². The molecule has 2 saturated heterocycles. The number of hydrogen-bond donors (Lipinski definition) is 1. The number of fused-ring (bicyclic) bond motifs is 1. The smallest absolute Gasteiger partial charge is 0.119 e. The molecule has 1 saturated carbocycles. The van der Waals surface area contributed by atoms with E-state index in [9.17, 15) is 5.11 Å². The van der Waals surface area contributed by atoms with Crippen molar-refractivity contribution >= 4 is 21.4 Å². The van der Waals surface area contributed by atoms with Crippen LogP contribution in [0.1, 0.15) is 49.7 Å². The summed E-state index contributed by atoms with van der Waals surface area (Å²) < 4.78 is 19.4. The van der Waals surface area contributed by atoms with Crippen molar-refractivity contribution in [1.29, 1.82) is 0 Å². The number of likely N-dealkylation sites (tertiary alicyclic amines) is 1. The van der Waals surface area contributed by atoms with E-state index in [1.807, 2.05) is 6.07 Å². The van der Waals surface area contributed by atoms with Crippen LogP contribution in [0.3, 0.4) is 0 Å². The lowest BCUT2D eigenvalue weighted by Crippen LogP contribution is -2.52. The Morgan fingerprint density at radius 2 is 1.57 bits per heavy atom. The predicted molar refractivity (Wildman–Crippen MR) is 178 cm³/mol. The van der Waals surface area contributed by atoms with Crippen molar-refractivity contribution in [3.63, 3.8) is 0 Å². The van der Waals surface area contributed by atoms with Crippen molar-refractivity contribution in [2.75, 3.05) is 52.5 Å². The number of benzene rings is 3. The molecule has 3 aliphatic rings. The van der Waals surface area contributed by atoms with Gasteiger partial charge < -0.3 is 19.3 Å². The molecule has 0 radical (unpaired) electrons. The Morgan fingerprint density at radius 3 is 2.36 bits per heavy atom. The standard InChI is InChI=1S/C37H44N2O4S/c40-29-11-16-32-33(37(44-36(32)26-29)28-9-14-30(15-10-28)42-24-19-38-17-3-4-18-38)25-27-7-12-31(13-8-27)43-35-6-2-1-5-34(35)39-20-22-41-23-21-39/h7-16,26,34-35,40H,1-6,17-25H2/t34-,35-/m0/s1. The van der Waals surface area contributed by atoms with Crippen molar-refractivity contribution in [1.82, 2.24) is 9.80 Å². The van der Waals surface area contributed by atoms with Crippen LogP contribution in [0, 0.1) is 0 Å². The highest BCUT2D eigenvalue weighted by atomic mass is 32.1. The zero-order valence-electron chi connectivity index (χ0n) is 25.6. The minimum absolute atomic E-state index is 0.236. The highest BCUT2D eigenvalue weighted by Gasteiger charge is 2.32. The maximum absolute atomic E-state index is 10.2. The van der Waals surface area contributed by atoms with Gasteiger partial charge in [0.05, 0.1) is 13.2 Å². The van der Waals surface area contributed by atoms with E-state index >= 15 is 0 Å². The SMILES string of the molecule is Oc1ccc2c(Cc3ccc(O[C@H]4CCCC[C@@H]4N4CCOCC4)cc3)c(-c3ccc(OCCN4CCCC4)cc3)sc2c1. The first-order chi connectivity index (χ1) is 21.7. The van der Waals surface area contributed by atoms with Gasteiger partial charge in [0.2, 0.25) is 0 Å². The quantitative estimate of drug-likeness (QED) is 0.202. The molecule has 6 nitrogen and oxygen atoms in total. The van der Waals surface area contributed by atoms with E-state index < -0.39 is 0 Å². The van der Waals surface area contributed by atoms with Gasteiger partial charge in [-0.3, -0.25) is 9.80 Å². The number of thiophene rings is 1. The number of aromatic hydroxyl groups is 1. The second-order valence-corrected chi connectivity index (χ2v) is 13.5. The highest BCUT2D eigenvalue weighted by Crippen LogP contribution is 2.41. The minimum Gasteiger partial charge on any atom is -0.508 e. The van der Waals surface area contributed by atoms with Crippen molar-refractivity contribution in [3.8, 4) is 27.7 Å². The number of nitrogens with zero attached hydrogens (tertiary/aromatic N) is 2. The summed E-state index contributed by atoms with van der Waals surface area (Å²) in [5, 5.41) is 11.4. The molecule has 44 heavy (non-hydrogen) atoms. The first kappa shape index (κ1) is 29.6. The Bertz CT molecular complexity index is 1510. The van der Waals surface area contributed by atoms with Gasteiger partial charge >= 0.3 is 0 Å². The zero-order chi connectivity index (χ0) is 29.7. The summed E-state index contributed by atoms with van der Waals surface area (Å²) in [5.74, 6) is 2.18. The van der Waals surface area contributed by atoms with Crippen LogP contribution >= 0.6 is 11.3 Å². The fraction of sp³-hybridized carbons (Fsp3) is 0.459. The molecule has 1 aliphatic carbocycles. The topological polar surface area (TPSA) is 54.4 Å². The lowest BCUT2D eigenvalue weighted by atomic mass is 9.91. The van der Waals surface area contributed by atoms with E-state index in [1.165, 1.54) is 72.1 Å². The third-order valence-electron chi connectivity index (χ3n) is 9.54. The molecule has 4 aromatic rings. The van der Waals surface area contributed by atoms with Crippen LogP contribution in [-0.2, 0) is 11.2 Å². The number of hydrogen-bond acceptors (Lipinski definition) is 7. The highest BCUT2D eigenvalue weighted by molar-refractivity contribution is 7.22. The third kappa shape index (κ3) is 6.91. The van der Waals surface area contributed by atoms with Crippen LogP contribution in [0.4, 0.5) is 0 Å². The van der Waals surface area contributed by atoms with E-state index in [0.717, 1.165) is 68.5 Å². The van der Waals surface area contributed by atoms with Crippen LogP contribution in [0.25, 0.3) is 20.5 Å². The van der Waals surface area contributed by atoms with Crippen LogP contribution in [0.15, 0.2) is 66.7 Å². The maximum Gasteiger partial charge on any atom is 0.119 e. The van der Waals surface area contributed by atoms with Gasteiger partial charge in [-0.1, -0.05) is 18.6 Å². The first-order valence-electron chi connectivity index (χ1n) is 16.5. The summed E-state index contributed by atoms with van der Waals surface area (Å²) in [6, 6.07) is 23.5. The molecule has 7 rings (SSSR count). The summed E-state index contributed by atoms with van der Waals surface area (Å²) in [7, 11) is 0. The minimum atomic E-state index is 0.236. The van der Waals surface area contributed by atoms with Crippen molar-refractivity contribution in [2.45, 2.75) is 57.1 Å². The summed E-state index contributed by atoms with van der Waals surface area (Å²) >= 11 is 1.75. The Morgan fingerprint density at radius 1 is 0.818 bits per heavy atom. The Kier molecular flexibility index (Phi) is 9.35. The summed E-state index contributed by atoms with van der Waals surface area (Å²) in [4.78, 5) is 6.30. The largest absolute Gasteiger partial charge is 0.508 e. The van der Waals surface area contributed by atoms with Gasteiger partial charge in [0.25, 0.3) is 0 Å². The summed E-state index contributed by atoms with van der Waals surface area (Å²) in [5.41, 5.74) is 3.72. The van der Waals surface area contributed by atoms with Gasteiger partial charge in [-0.05, 0) is 128 Å². The number of morpholine rings is 1. The molecule has 2 atom stereocenters. The lowest BCUT2D eigenvalue weighted by Gasteiger charge is -2.41. The van der Waals surface area contributed by atoms with Crippen LogP contribution in [-0.4, -0.2) is 79.6 Å². The maximum atomic E-state index is 10.2. The van der Waals surface area contributed by atoms with E-state index in [0.29, 0.717) is 11.8 Å². The van der Waals surface area contributed by atoms with Crippen LogP contribution < -0.4 is 9.47 Å². The van der Waals surface area contributed by atoms with Gasteiger partial charge in [0, 0.05) is 35.3 Å². The summed E-state index contributed by atoms with van der Waals surface area (Å²) in [6.45, 7) is 7.77. The van der Waals surface area contributed by atoms with Crippen LogP contribution in [0.5, 0.6) is 17.2 Å². The number of ether oxygens (including phenoxy) is 3. The van der Waals surface area contributed by atoms with Crippen molar-refractivity contribution in [3.05, 3.63) is 77.9 Å². The molecule has 232 valence electrons. The van der Waals surface area contributed by atoms with E-state index in [4.69, 9.17) is 14.2 Å². The van der Waals surface area contributed by atoms with E-state index in [2.05, 4.69) is 64.4 Å². The fourth-order valence-corrected chi connectivity index (χ4v) is 8.42. The second kappa shape index (κ2) is 13.9. The molecular formula is C37H44N2O4S. The molecule has 1 aromatic heterocycles. The molecule has 3 heterocycles. The Hall–Kier alpha value is -3.10. The molecule has 0 spiro atoms. The lowest BCUT2D eigenvalue weighted by molar-refractivity contribution is -0.0281. The van der Waals surface area contributed by atoms with E-state index in [1.54, 1.807) is 17.4 Å². The first-order valence-corrected chi connectivity index (χ1v) is 17.3. The second-order valence-electron chi connectivity index (χ2n) is 12.5. The number of rotatable bonds is 10. The molecule has 0 amide bonds. The van der Waals surface area contributed by atoms with Crippen LogP contribution in [0.2, 0.25) is 0 Å². The normalized spacial score (nSPS) is 21.5. The Balaban J connectivity index is 1.06. The molecule has 3 fully saturated rings. The van der Waals surface area contributed by atoms with Crippen molar-refractivity contribution in [2.24, 2.45) is 0 Å². The molecule has 0 bridgehead atoms. The average Bonchev–Trinajstić information content (AvgIpc) is 3.71. The van der Waals surface area contributed by atoms with Gasteiger partial charge in [-0.25, -0.2) is 0 Å². The molecule has 0 unspecified atom stereocenters. The molecule has 7 heteroatoms. The molecule has 3 aromatic carbocycles. The number of phenolic OH excluding ortho intramolecular Hbond substituents is 1. The fourth-order valence-electron chi connectivity index (χ4n) is 7.16. The Labute approximate surface area is 265 Å². The van der Waals surface area contributed by atoms with Gasteiger partial charge in [-0.15, -0.1) is 11.3 Å². The monoisotopic (exact) mass is 612 g/mol. The zero-order valence-corrected chi connectivity index (χ0v) is 26.4. The van der Waals surface area contributed by atoms with Gasteiger partial charge in [0.15, 0.2) is 0 Å². The van der Waals surface area contributed by atoms with E-state index in [-0.39, 0.29) is 6.10 Å². The summed E-state index contributed by atoms with van der Waals surface area (Å²) in [6.07, 6.45) is 8.49. The predicted octanol–water partition coefficient (Wildman–Crippen LogP) is 7.36. The molecule has 1 N–H and O–H groups in total. The molecular weight excluding hydrogens is 568 g/mol. The molecule has 2 aliphatic heterocycles.